The van der Waals surface area contributed by atoms with E-state index in [1.165, 1.54) is 0 Å². The minimum Gasteiger partial charge on any atom is -0.0933 e. The predicted molar refractivity (Wildman–Crippen MR) is 20.7 cm³/mol. The summed E-state index contributed by atoms with van der Waals surface area (Å²) in [4.78, 5) is 0. The van der Waals surface area contributed by atoms with Gasteiger partial charge in [0.05, 0.1) is 1.37 Å². The van der Waals surface area contributed by atoms with Gasteiger partial charge < -0.3 is 0 Å². The van der Waals surface area contributed by atoms with Crippen molar-refractivity contribution in [3.63, 3.8) is 0 Å². The third-order valence-corrected chi connectivity index (χ3v) is 0.164. The third kappa shape index (κ3) is 2.03. The smallest absolute Gasteiger partial charge is 0.0582 e. The zero-order valence-corrected chi connectivity index (χ0v) is 2.71. The molecule has 0 atom stereocenters. The molecular formula is C3H5Cl. The fourth-order valence-corrected chi connectivity index (χ4v) is 0. The van der Waals surface area contributed by atoms with Gasteiger partial charge in [0.1, 0.15) is 0 Å². The summed E-state index contributed by atoms with van der Waals surface area (Å²) in [6, 6.07) is -0.529. The summed E-state index contributed by atoms with van der Waals surface area (Å²) in [5.74, 6) is 0. The molecule has 0 saturated carbocycles. The third-order valence-electron chi connectivity index (χ3n) is 0.0546. The molecule has 0 aromatic rings. The minimum atomic E-state index is -2.35. The van der Waals surface area contributed by atoms with Gasteiger partial charge >= 0.3 is 0 Å². The maximum absolute atomic E-state index is 6.64. The van der Waals surface area contributed by atoms with Crippen LogP contribution >= 0.6 is 11.6 Å². The maximum Gasteiger partial charge on any atom is 0.0582 e. The van der Waals surface area contributed by atoms with Crippen molar-refractivity contribution in [2.24, 2.45) is 0 Å². The van der Waals surface area contributed by atoms with E-state index >= 15 is 0 Å². The minimum absolute atomic E-state index is 0.529. The van der Waals surface area contributed by atoms with Crippen LogP contribution in [0.25, 0.3) is 0 Å². The summed E-state index contributed by atoms with van der Waals surface area (Å²) >= 11 is 4.93. The van der Waals surface area contributed by atoms with Crippen molar-refractivity contribution in [3.05, 3.63) is 11.6 Å². The Morgan fingerprint density at radius 1 is 2.50 bits per heavy atom. The summed E-state index contributed by atoms with van der Waals surface area (Å²) in [5, 5.41) is 0. The molecule has 0 fully saturated rings. The molecule has 0 aliphatic heterocycles. The first-order valence-electron chi connectivity index (χ1n) is 2.76. The Labute approximate surface area is 36.7 Å². The summed E-state index contributed by atoms with van der Waals surface area (Å²) in [7, 11) is 0. The second-order valence-electron chi connectivity index (χ2n) is 0.253. The van der Waals surface area contributed by atoms with Crippen LogP contribution in [0.5, 0.6) is 0 Å². The Hall–Kier alpha value is 0.0300. The van der Waals surface area contributed by atoms with Crippen LogP contribution in [0.1, 0.15) is 12.3 Å². The van der Waals surface area contributed by atoms with Crippen LogP contribution in [0, 0.1) is 0 Å². The lowest BCUT2D eigenvalue weighted by atomic mass is 10.8. The summed E-state index contributed by atoms with van der Waals surface area (Å²) in [5.41, 5.74) is 0.743. The van der Waals surface area contributed by atoms with Crippen LogP contribution in [0.4, 0.5) is 0 Å². The van der Waals surface area contributed by atoms with E-state index in [-0.39, 0.29) is 0 Å². The lowest BCUT2D eigenvalue weighted by Crippen LogP contribution is -1.20. The molecule has 0 aliphatic carbocycles. The van der Waals surface area contributed by atoms with Gasteiger partial charge in [-0.2, -0.15) is 0 Å². The van der Waals surface area contributed by atoms with E-state index in [1.54, 1.807) is 0 Å². The van der Waals surface area contributed by atoms with E-state index in [0.29, 0.717) is 0 Å². The van der Waals surface area contributed by atoms with Crippen molar-refractivity contribution in [3.8, 4) is 0 Å². The van der Waals surface area contributed by atoms with E-state index < -0.39 is 12.9 Å². The van der Waals surface area contributed by atoms with Gasteiger partial charge in [-0.3, -0.25) is 0 Å². The van der Waals surface area contributed by atoms with Crippen LogP contribution in [0.15, 0.2) is 11.6 Å². The highest BCUT2D eigenvalue weighted by Gasteiger charge is 1.37. The molecule has 4 heavy (non-hydrogen) atoms. The van der Waals surface area contributed by atoms with Crippen LogP contribution in [0.3, 0.4) is 0 Å². The summed E-state index contributed by atoms with van der Waals surface area (Å²) < 4.78 is 26.2. The van der Waals surface area contributed by atoms with E-state index in [0.717, 1.165) is 5.54 Å². The van der Waals surface area contributed by atoms with Crippen LogP contribution in [-0.4, -0.2) is 0 Å². The van der Waals surface area contributed by atoms with Gasteiger partial charge in [0, 0.05) is 4.11 Å². The van der Waals surface area contributed by atoms with Crippen molar-refractivity contribution < 1.29 is 5.48 Å². The van der Waals surface area contributed by atoms with E-state index in [4.69, 9.17) is 17.1 Å². The Bertz CT molecular complexity index is 102. The Balaban J connectivity index is 4.03. The molecule has 24 valence electrons. The van der Waals surface area contributed by atoms with Crippen molar-refractivity contribution >= 4 is 11.6 Å². The number of rotatable bonds is 0. The first kappa shape index (κ1) is 0.749. The average molecular weight is 80.6 g/mol. The van der Waals surface area contributed by atoms with E-state index in [9.17, 15) is 0 Å². The topological polar surface area (TPSA) is 0 Å². The number of halogens is 1. The lowest BCUT2D eigenvalue weighted by molar-refractivity contribution is 1.78. The molecule has 1 heteroatoms. The number of hydrogen-bond donors (Lipinski definition) is 0. The fourth-order valence-electron chi connectivity index (χ4n) is 0. The zero-order chi connectivity index (χ0) is 6.78. The second kappa shape index (κ2) is 3.03. The van der Waals surface area contributed by atoms with Gasteiger partial charge in [-0.15, -0.1) is 0 Å². The highest BCUT2D eigenvalue weighted by molar-refractivity contribution is 6.25. The maximum atomic E-state index is 6.64. The standard InChI is InChI=1S/C3H5Cl/c1-2-3-4/h2-3H,1H3/b3-2+/i1D3,2D. The number of allylic oxidation sites excluding steroid dienone is 1. The Kier molecular flexibility index (Phi) is 0.567. The van der Waals surface area contributed by atoms with Crippen molar-refractivity contribution in [1.82, 2.24) is 0 Å². The summed E-state index contributed by atoms with van der Waals surface area (Å²) in [6.45, 7) is -2.35. The molecule has 0 rings (SSSR count). The largest absolute Gasteiger partial charge is 0.0933 e. The molecule has 0 amide bonds. The molecule has 0 bridgehead atoms. The quantitative estimate of drug-likeness (QED) is 0.416. The van der Waals surface area contributed by atoms with Crippen molar-refractivity contribution in [1.29, 1.82) is 0 Å². The molecule has 0 nitrogen and oxygen atoms in total. The van der Waals surface area contributed by atoms with Gasteiger partial charge in [0.2, 0.25) is 0 Å². The predicted octanol–water partition coefficient (Wildman–Crippen LogP) is 1.76. The molecule has 0 spiro atoms. The van der Waals surface area contributed by atoms with Crippen molar-refractivity contribution in [2.45, 2.75) is 6.85 Å². The van der Waals surface area contributed by atoms with E-state index in [1.807, 2.05) is 0 Å². The molecule has 0 saturated heterocycles. The molecular weight excluding hydrogens is 71.5 g/mol. The normalized spacial score (nSPS) is 29.8. The van der Waals surface area contributed by atoms with Crippen LogP contribution < -0.4 is 0 Å². The van der Waals surface area contributed by atoms with E-state index in [2.05, 4.69) is 0 Å². The fraction of sp³-hybridized carbons (Fsp3) is 0.333. The molecule has 0 aromatic heterocycles. The van der Waals surface area contributed by atoms with Crippen LogP contribution in [0.2, 0.25) is 0 Å². The van der Waals surface area contributed by atoms with Crippen LogP contribution in [-0.2, 0) is 0 Å². The zero-order valence-electron chi connectivity index (χ0n) is 5.96. The molecule has 0 aliphatic rings. The molecule has 0 unspecified atom stereocenters. The molecule has 0 heterocycles. The van der Waals surface area contributed by atoms with Gasteiger partial charge in [-0.05, 0) is 12.4 Å². The van der Waals surface area contributed by atoms with Gasteiger partial charge in [0.25, 0.3) is 0 Å². The van der Waals surface area contributed by atoms with Gasteiger partial charge in [0.15, 0.2) is 0 Å². The summed E-state index contributed by atoms with van der Waals surface area (Å²) in [6.07, 6.45) is 0. The first-order chi connectivity index (χ1) is 3.48. The molecule has 0 radical (unpaired) electrons. The highest BCUT2D eigenvalue weighted by atomic mass is 35.5. The highest BCUT2D eigenvalue weighted by Crippen LogP contribution is 1.70. The van der Waals surface area contributed by atoms with Gasteiger partial charge in [-0.25, -0.2) is 0 Å². The number of hydrogen-bond acceptors (Lipinski definition) is 0. The molecule has 0 N–H and O–H groups in total. The molecule has 0 aromatic carbocycles. The van der Waals surface area contributed by atoms with Crippen molar-refractivity contribution in [2.75, 3.05) is 0 Å². The lowest BCUT2D eigenvalue weighted by Gasteiger charge is -1.46. The average Bonchev–Trinajstić information content (AvgIpc) is 1.62. The first-order valence-corrected chi connectivity index (χ1v) is 1.19. The SMILES string of the molecule is [2H]/C(=C\Cl)C([2H])([2H])[2H]. The monoisotopic (exact) mass is 80.0 g/mol. The Morgan fingerprint density at radius 3 is 3.25 bits per heavy atom. The van der Waals surface area contributed by atoms with Gasteiger partial charge in [-0.1, -0.05) is 17.7 Å². The second-order valence-corrected chi connectivity index (χ2v) is 0.472. The Morgan fingerprint density at radius 2 is 3.25 bits per heavy atom.